The summed E-state index contributed by atoms with van der Waals surface area (Å²) >= 11 is 5.69. The normalized spacial score (nSPS) is 10.8. The maximum atomic E-state index is 12.0. The lowest BCUT2D eigenvalue weighted by atomic mass is 10.4. The zero-order valence-corrected chi connectivity index (χ0v) is 15.1. The van der Waals surface area contributed by atoms with E-state index < -0.39 is 28.5 Å². The van der Waals surface area contributed by atoms with Crippen molar-refractivity contribution in [3.8, 4) is 6.07 Å². The highest BCUT2D eigenvalue weighted by Crippen LogP contribution is 2.13. The van der Waals surface area contributed by atoms with E-state index in [9.17, 15) is 18.0 Å². The van der Waals surface area contributed by atoms with Crippen molar-refractivity contribution in [3.05, 3.63) is 29.3 Å². The molecule has 1 rings (SSSR count). The minimum Gasteiger partial charge on any atom is -0.456 e. The van der Waals surface area contributed by atoms with Gasteiger partial charge < -0.3 is 9.64 Å². The van der Waals surface area contributed by atoms with Gasteiger partial charge in [-0.05, 0) is 24.3 Å². The van der Waals surface area contributed by atoms with Crippen LogP contribution in [0.25, 0.3) is 0 Å². The van der Waals surface area contributed by atoms with E-state index in [1.54, 1.807) is 0 Å². The highest BCUT2D eigenvalue weighted by Gasteiger charge is 2.15. The van der Waals surface area contributed by atoms with Gasteiger partial charge in [0.1, 0.15) is 0 Å². The number of hydrogen-bond acceptors (Lipinski definition) is 6. The van der Waals surface area contributed by atoms with E-state index >= 15 is 0 Å². The predicted octanol–water partition coefficient (Wildman–Crippen LogP) is 0.924. The standard InChI is InChI=1S/C15H18ClN3O5S/c1-19(10-2-8-17)14(20)11-24-15(21)7-9-18-25(22,23)13-5-3-12(16)4-6-13/h3-6,18H,2,7,9-11H2,1H3. The lowest BCUT2D eigenvalue weighted by Crippen LogP contribution is -2.32. The SMILES string of the molecule is CN(CCC#N)C(=O)COC(=O)CCNS(=O)(=O)c1ccc(Cl)cc1. The first kappa shape index (κ1) is 20.9. The van der Waals surface area contributed by atoms with Crippen LogP contribution in [0, 0.1) is 11.3 Å². The minimum atomic E-state index is -3.75. The van der Waals surface area contributed by atoms with E-state index in [4.69, 9.17) is 21.6 Å². The zero-order chi connectivity index (χ0) is 18.9. The fourth-order valence-corrected chi connectivity index (χ4v) is 2.81. The number of likely N-dealkylation sites (N-methyl/N-ethyl adjacent to an activating group) is 1. The first-order chi connectivity index (χ1) is 11.8. The van der Waals surface area contributed by atoms with Crippen molar-refractivity contribution in [1.82, 2.24) is 9.62 Å². The van der Waals surface area contributed by atoms with Gasteiger partial charge in [-0.3, -0.25) is 9.59 Å². The third-order valence-electron chi connectivity index (χ3n) is 3.09. The fraction of sp³-hybridized carbons (Fsp3) is 0.400. The average molecular weight is 388 g/mol. The van der Waals surface area contributed by atoms with Crippen molar-refractivity contribution in [2.24, 2.45) is 0 Å². The van der Waals surface area contributed by atoms with E-state index in [2.05, 4.69) is 4.72 Å². The Morgan fingerprint density at radius 3 is 2.56 bits per heavy atom. The summed E-state index contributed by atoms with van der Waals surface area (Å²) in [6.07, 6.45) is -0.0370. The molecule has 0 aliphatic rings. The number of rotatable bonds is 9. The van der Waals surface area contributed by atoms with Crippen LogP contribution in [0.4, 0.5) is 0 Å². The Hall–Kier alpha value is -2.15. The number of carbonyl (C=O) groups is 2. The van der Waals surface area contributed by atoms with Gasteiger partial charge >= 0.3 is 5.97 Å². The van der Waals surface area contributed by atoms with Crippen LogP contribution in [-0.2, 0) is 24.3 Å². The fourth-order valence-electron chi connectivity index (χ4n) is 1.65. The molecule has 0 fully saturated rings. The van der Waals surface area contributed by atoms with Gasteiger partial charge in [-0.25, -0.2) is 13.1 Å². The van der Waals surface area contributed by atoms with Gasteiger partial charge in [-0.1, -0.05) is 11.6 Å². The number of nitrogens with zero attached hydrogens (tertiary/aromatic N) is 2. The molecule has 0 aliphatic heterocycles. The van der Waals surface area contributed by atoms with Crippen LogP contribution in [0.5, 0.6) is 0 Å². The van der Waals surface area contributed by atoms with Crippen LogP contribution in [0.2, 0.25) is 5.02 Å². The van der Waals surface area contributed by atoms with Gasteiger partial charge in [0.15, 0.2) is 6.61 Å². The Labute approximate surface area is 151 Å². The smallest absolute Gasteiger partial charge is 0.307 e. The Morgan fingerprint density at radius 2 is 1.96 bits per heavy atom. The highest BCUT2D eigenvalue weighted by molar-refractivity contribution is 7.89. The molecule has 0 radical (unpaired) electrons. The van der Waals surface area contributed by atoms with Crippen LogP contribution in [0.3, 0.4) is 0 Å². The number of halogens is 1. The minimum absolute atomic E-state index is 0.0274. The Morgan fingerprint density at radius 1 is 1.32 bits per heavy atom. The van der Waals surface area contributed by atoms with Crippen LogP contribution in [-0.4, -0.2) is 51.9 Å². The number of benzene rings is 1. The summed E-state index contributed by atoms with van der Waals surface area (Å²) in [4.78, 5) is 24.5. The number of nitrogens with one attached hydrogen (secondary N) is 1. The molecule has 0 aliphatic carbocycles. The molecule has 1 N–H and O–H groups in total. The summed E-state index contributed by atoms with van der Waals surface area (Å²) in [6, 6.07) is 7.48. The topological polar surface area (TPSA) is 117 Å². The van der Waals surface area contributed by atoms with Crippen molar-refractivity contribution in [2.45, 2.75) is 17.7 Å². The van der Waals surface area contributed by atoms with Crippen molar-refractivity contribution < 1.29 is 22.7 Å². The molecule has 8 nitrogen and oxygen atoms in total. The molecule has 0 heterocycles. The second-order valence-electron chi connectivity index (χ2n) is 4.99. The summed E-state index contributed by atoms with van der Waals surface area (Å²) in [5.74, 6) is -1.15. The maximum absolute atomic E-state index is 12.0. The maximum Gasteiger partial charge on any atom is 0.307 e. The molecule has 0 spiro atoms. The summed E-state index contributed by atoms with van der Waals surface area (Å²) in [7, 11) is -2.26. The molecule has 136 valence electrons. The van der Waals surface area contributed by atoms with Gasteiger partial charge in [-0.2, -0.15) is 5.26 Å². The Kier molecular flexibility index (Phi) is 8.34. The largest absolute Gasteiger partial charge is 0.456 e. The number of carbonyl (C=O) groups excluding carboxylic acids is 2. The van der Waals surface area contributed by atoms with Crippen LogP contribution >= 0.6 is 11.6 Å². The summed E-state index contributed by atoms with van der Waals surface area (Å²) < 4.78 is 31.0. The number of ether oxygens (including phenoxy) is 1. The molecule has 10 heteroatoms. The molecular weight excluding hydrogens is 370 g/mol. The van der Waals surface area contributed by atoms with Crippen molar-refractivity contribution >= 4 is 33.5 Å². The van der Waals surface area contributed by atoms with Gasteiger partial charge in [0.2, 0.25) is 10.0 Å². The molecule has 0 unspecified atom stereocenters. The van der Waals surface area contributed by atoms with E-state index in [1.165, 1.54) is 36.2 Å². The number of sulfonamides is 1. The molecule has 25 heavy (non-hydrogen) atoms. The zero-order valence-electron chi connectivity index (χ0n) is 13.6. The van der Waals surface area contributed by atoms with Crippen molar-refractivity contribution in [3.63, 3.8) is 0 Å². The second kappa shape index (κ2) is 9.98. The van der Waals surface area contributed by atoms with Gasteiger partial charge in [0.05, 0.1) is 23.8 Å². The third kappa shape index (κ3) is 7.51. The molecule has 0 saturated heterocycles. The molecule has 0 aromatic heterocycles. The van der Waals surface area contributed by atoms with E-state index in [1.807, 2.05) is 6.07 Å². The predicted molar refractivity (Wildman–Crippen MR) is 90.1 cm³/mol. The lowest BCUT2D eigenvalue weighted by molar-refractivity contribution is -0.151. The first-order valence-electron chi connectivity index (χ1n) is 7.28. The van der Waals surface area contributed by atoms with Crippen LogP contribution in [0.15, 0.2) is 29.2 Å². The van der Waals surface area contributed by atoms with Crippen molar-refractivity contribution in [2.75, 3.05) is 26.7 Å². The molecule has 1 aromatic carbocycles. The molecule has 0 saturated carbocycles. The summed E-state index contributed by atoms with van der Waals surface area (Å²) in [6.45, 7) is -0.374. The number of amides is 1. The third-order valence-corrected chi connectivity index (χ3v) is 4.82. The number of hydrogen-bond donors (Lipinski definition) is 1. The van der Waals surface area contributed by atoms with E-state index in [-0.39, 0.29) is 30.8 Å². The Bertz CT molecular complexity index is 743. The molecular formula is C15H18ClN3O5S. The van der Waals surface area contributed by atoms with E-state index in [0.717, 1.165) is 0 Å². The van der Waals surface area contributed by atoms with Crippen molar-refractivity contribution in [1.29, 1.82) is 5.26 Å². The highest BCUT2D eigenvalue weighted by atomic mass is 35.5. The number of esters is 1. The lowest BCUT2D eigenvalue weighted by Gasteiger charge is -2.15. The number of nitriles is 1. The monoisotopic (exact) mass is 387 g/mol. The van der Waals surface area contributed by atoms with Gasteiger partial charge in [-0.15, -0.1) is 0 Å². The molecule has 0 bridgehead atoms. The average Bonchev–Trinajstić information content (AvgIpc) is 2.57. The van der Waals surface area contributed by atoms with Crippen LogP contribution < -0.4 is 4.72 Å². The van der Waals surface area contributed by atoms with Gasteiger partial charge in [0.25, 0.3) is 5.91 Å². The second-order valence-corrected chi connectivity index (χ2v) is 7.19. The van der Waals surface area contributed by atoms with E-state index in [0.29, 0.717) is 5.02 Å². The summed E-state index contributed by atoms with van der Waals surface area (Å²) in [5.41, 5.74) is 0. The molecule has 0 atom stereocenters. The van der Waals surface area contributed by atoms with Crippen LogP contribution in [0.1, 0.15) is 12.8 Å². The Balaban J connectivity index is 2.36. The quantitative estimate of drug-likeness (QED) is 0.630. The molecule has 1 aromatic rings. The summed E-state index contributed by atoms with van der Waals surface area (Å²) in [5, 5.41) is 8.85. The molecule has 1 amide bonds. The van der Waals surface area contributed by atoms with Gasteiger partial charge in [0, 0.05) is 25.2 Å². The first-order valence-corrected chi connectivity index (χ1v) is 9.14.